The molecule has 1 aromatic heterocycles. The van der Waals surface area contributed by atoms with Gasteiger partial charge < -0.3 is 15.0 Å². The molecule has 0 spiro atoms. The van der Waals surface area contributed by atoms with Crippen LogP contribution in [-0.4, -0.2) is 29.3 Å². The number of hydrogen-bond acceptors (Lipinski definition) is 3. The molecular weight excluding hydrogens is 258 g/mol. The molecule has 0 bridgehead atoms. The van der Waals surface area contributed by atoms with Gasteiger partial charge in [-0.2, -0.15) is 0 Å². The van der Waals surface area contributed by atoms with E-state index in [0.717, 1.165) is 5.52 Å². The first-order valence-corrected chi connectivity index (χ1v) is 6.37. The van der Waals surface area contributed by atoms with E-state index in [-0.39, 0.29) is 23.9 Å². The smallest absolute Gasteiger partial charge is 0.326 e. The summed E-state index contributed by atoms with van der Waals surface area (Å²) in [4.78, 5) is 26.7. The molecule has 0 saturated carbocycles. The highest BCUT2D eigenvalue weighted by Crippen LogP contribution is 2.20. The Bertz CT molecular complexity index is 692. The largest absolute Gasteiger partial charge is 0.364 e. The molecule has 0 fully saturated rings. The second-order valence-electron chi connectivity index (χ2n) is 5.61. The van der Waals surface area contributed by atoms with E-state index in [0.29, 0.717) is 11.1 Å². The van der Waals surface area contributed by atoms with Crippen molar-refractivity contribution in [2.24, 2.45) is 0 Å². The van der Waals surface area contributed by atoms with Crippen molar-refractivity contribution in [2.45, 2.75) is 26.3 Å². The maximum absolute atomic E-state index is 12.0. The van der Waals surface area contributed by atoms with Crippen LogP contribution in [0.15, 0.2) is 23.0 Å². The van der Waals surface area contributed by atoms with Gasteiger partial charge in [0, 0.05) is 18.2 Å². The number of carbonyl (C=O) groups excluding carboxylic acids is 1. The number of aromatic amines is 1. The molecule has 0 aliphatic carbocycles. The summed E-state index contributed by atoms with van der Waals surface area (Å²) in [6.45, 7) is 6.03. The average Bonchev–Trinajstić information content (AvgIpc) is 2.70. The van der Waals surface area contributed by atoms with E-state index in [2.05, 4.69) is 10.3 Å². The predicted molar refractivity (Wildman–Crippen MR) is 76.9 cm³/mol. The summed E-state index contributed by atoms with van der Waals surface area (Å²) in [6.07, 6.45) is 0. The van der Waals surface area contributed by atoms with Crippen LogP contribution in [0.5, 0.6) is 0 Å². The Labute approximate surface area is 116 Å². The number of carbonyl (C=O) groups is 1. The lowest BCUT2D eigenvalue weighted by Gasteiger charge is -2.20. The molecule has 108 valence electrons. The third-order valence-electron chi connectivity index (χ3n) is 2.99. The van der Waals surface area contributed by atoms with Crippen molar-refractivity contribution in [3.05, 3.63) is 34.2 Å². The maximum atomic E-state index is 12.0. The molecule has 1 aromatic carbocycles. The number of hydrogen-bond donors (Lipinski definition) is 2. The molecule has 0 aliphatic rings. The van der Waals surface area contributed by atoms with Gasteiger partial charge in [-0.25, -0.2) is 4.79 Å². The van der Waals surface area contributed by atoms with Crippen LogP contribution in [0.3, 0.4) is 0 Å². The first kappa shape index (κ1) is 14.3. The van der Waals surface area contributed by atoms with Gasteiger partial charge in [0.15, 0.2) is 0 Å². The van der Waals surface area contributed by atoms with E-state index in [1.54, 1.807) is 22.8 Å². The summed E-state index contributed by atoms with van der Waals surface area (Å²) in [7, 11) is 1.50. The molecule has 0 atom stereocenters. The minimum absolute atomic E-state index is 0.149. The predicted octanol–water partition coefficient (Wildman–Crippen LogP) is 1.42. The average molecular weight is 277 g/mol. The molecule has 2 rings (SSSR count). The van der Waals surface area contributed by atoms with Crippen LogP contribution in [0.4, 0.5) is 0 Å². The summed E-state index contributed by atoms with van der Waals surface area (Å²) < 4.78 is 6.48. The lowest BCUT2D eigenvalue weighted by molar-refractivity contribution is 0.0872. The van der Waals surface area contributed by atoms with Gasteiger partial charge in [-0.1, -0.05) is 0 Å². The Morgan fingerprint density at radius 3 is 2.70 bits per heavy atom. The molecule has 0 unspecified atom stereocenters. The Balaban J connectivity index is 2.47. The van der Waals surface area contributed by atoms with Crippen molar-refractivity contribution in [1.82, 2.24) is 14.9 Å². The van der Waals surface area contributed by atoms with Crippen molar-refractivity contribution >= 4 is 16.9 Å². The lowest BCUT2D eigenvalue weighted by Crippen LogP contribution is -2.31. The summed E-state index contributed by atoms with van der Waals surface area (Å²) in [5.41, 5.74) is 1.41. The van der Waals surface area contributed by atoms with Gasteiger partial charge in [-0.05, 0) is 39.0 Å². The van der Waals surface area contributed by atoms with E-state index < -0.39 is 0 Å². The highest BCUT2D eigenvalue weighted by Gasteiger charge is 2.19. The normalized spacial score (nSPS) is 11.8. The fraction of sp³-hybridized carbons (Fsp3) is 0.429. The third-order valence-corrected chi connectivity index (χ3v) is 2.99. The Hall–Kier alpha value is -2.08. The zero-order valence-corrected chi connectivity index (χ0v) is 12.1. The van der Waals surface area contributed by atoms with Crippen LogP contribution in [0.1, 0.15) is 31.1 Å². The minimum atomic E-state index is -0.324. The summed E-state index contributed by atoms with van der Waals surface area (Å²) in [5.74, 6) is -0.238. The van der Waals surface area contributed by atoms with Crippen molar-refractivity contribution in [3.8, 4) is 0 Å². The molecule has 2 aromatic rings. The molecule has 0 aliphatic heterocycles. The van der Waals surface area contributed by atoms with Crippen molar-refractivity contribution in [2.75, 3.05) is 13.8 Å². The number of nitrogens with one attached hydrogen (secondary N) is 2. The molecule has 6 heteroatoms. The van der Waals surface area contributed by atoms with Gasteiger partial charge in [0.05, 0.1) is 11.0 Å². The van der Waals surface area contributed by atoms with E-state index in [4.69, 9.17) is 4.74 Å². The summed E-state index contributed by atoms with van der Waals surface area (Å²) in [6, 6.07) is 5.15. The molecule has 0 saturated heterocycles. The van der Waals surface area contributed by atoms with Crippen LogP contribution < -0.4 is 11.0 Å². The van der Waals surface area contributed by atoms with E-state index >= 15 is 0 Å². The number of H-pyrrole nitrogens is 1. The number of ether oxygens (including phenoxy) is 1. The molecule has 1 amide bonds. The van der Waals surface area contributed by atoms with Gasteiger partial charge in [0.25, 0.3) is 5.91 Å². The fourth-order valence-electron chi connectivity index (χ4n) is 2.16. The van der Waals surface area contributed by atoms with Crippen molar-refractivity contribution in [3.63, 3.8) is 0 Å². The standard InChI is InChI=1S/C14H19N3O3/c1-14(2,3)17-11-6-5-9(12(18)15-8-20-4)7-10(11)16-13(17)19/h5-7H,8H2,1-4H3,(H,15,18)(H,16,19). The second-order valence-corrected chi connectivity index (χ2v) is 5.61. The SMILES string of the molecule is COCNC(=O)c1ccc2c(c1)[nH]c(=O)n2C(C)(C)C. The molecule has 0 radical (unpaired) electrons. The summed E-state index contributed by atoms with van der Waals surface area (Å²) in [5, 5.41) is 2.60. The van der Waals surface area contributed by atoms with Crippen LogP contribution in [0, 0.1) is 0 Å². The Kier molecular flexibility index (Phi) is 3.67. The monoisotopic (exact) mass is 277 g/mol. The highest BCUT2D eigenvalue weighted by molar-refractivity contribution is 5.97. The van der Waals surface area contributed by atoms with Crippen molar-refractivity contribution < 1.29 is 9.53 Å². The summed E-state index contributed by atoms with van der Waals surface area (Å²) >= 11 is 0. The topological polar surface area (TPSA) is 76.1 Å². The molecule has 6 nitrogen and oxygen atoms in total. The first-order valence-electron chi connectivity index (χ1n) is 6.37. The number of methoxy groups -OCH3 is 1. The number of fused-ring (bicyclic) bond motifs is 1. The number of rotatable bonds is 3. The van der Waals surface area contributed by atoms with E-state index in [1.165, 1.54) is 7.11 Å². The van der Waals surface area contributed by atoms with Gasteiger partial charge in [0.1, 0.15) is 6.73 Å². The fourth-order valence-corrected chi connectivity index (χ4v) is 2.16. The number of nitrogens with zero attached hydrogens (tertiary/aromatic N) is 1. The van der Waals surface area contributed by atoms with Crippen molar-refractivity contribution in [1.29, 1.82) is 0 Å². The van der Waals surface area contributed by atoms with Crippen LogP contribution in [0.25, 0.3) is 11.0 Å². The zero-order valence-electron chi connectivity index (χ0n) is 12.1. The van der Waals surface area contributed by atoms with Gasteiger partial charge in [-0.3, -0.25) is 9.36 Å². The van der Waals surface area contributed by atoms with Crippen LogP contribution in [-0.2, 0) is 10.3 Å². The van der Waals surface area contributed by atoms with Gasteiger partial charge in [0.2, 0.25) is 0 Å². The second kappa shape index (κ2) is 5.13. The molecule has 1 heterocycles. The maximum Gasteiger partial charge on any atom is 0.326 e. The van der Waals surface area contributed by atoms with Crippen LogP contribution in [0.2, 0.25) is 0 Å². The molecular formula is C14H19N3O3. The Morgan fingerprint density at radius 2 is 2.10 bits per heavy atom. The van der Waals surface area contributed by atoms with E-state index in [1.807, 2.05) is 20.8 Å². The van der Waals surface area contributed by atoms with Gasteiger partial charge >= 0.3 is 5.69 Å². The Morgan fingerprint density at radius 1 is 1.40 bits per heavy atom. The van der Waals surface area contributed by atoms with E-state index in [9.17, 15) is 9.59 Å². The number of imidazole rings is 1. The minimum Gasteiger partial charge on any atom is -0.364 e. The first-order chi connectivity index (χ1) is 9.34. The number of aromatic nitrogens is 2. The molecule has 2 N–H and O–H groups in total. The zero-order chi connectivity index (χ0) is 14.9. The lowest BCUT2D eigenvalue weighted by atomic mass is 10.1. The van der Waals surface area contributed by atoms with Crippen LogP contribution >= 0.6 is 0 Å². The number of amides is 1. The number of benzene rings is 1. The highest BCUT2D eigenvalue weighted by atomic mass is 16.5. The third kappa shape index (κ3) is 2.60. The van der Waals surface area contributed by atoms with Gasteiger partial charge in [-0.15, -0.1) is 0 Å². The quantitative estimate of drug-likeness (QED) is 0.833. The molecule has 20 heavy (non-hydrogen) atoms.